The molecule has 172 valence electrons. The molecule has 0 unspecified atom stereocenters. The summed E-state index contributed by atoms with van der Waals surface area (Å²) in [7, 11) is 0. The number of carbonyl (C=O) groups excluding carboxylic acids is 2. The van der Waals surface area contributed by atoms with Gasteiger partial charge in [-0.05, 0) is 70.9 Å². The highest BCUT2D eigenvalue weighted by atomic mass is 16.3. The summed E-state index contributed by atoms with van der Waals surface area (Å²) in [5, 5.41) is 42.8. The first-order chi connectivity index (χ1) is 16.8. The Labute approximate surface area is 200 Å². The van der Waals surface area contributed by atoms with Crippen LogP contribution in [-0.2, 0) is 11.8 Å². The van der Waals surface area contributed by atoms with Gasteiger partial charge in [-0.15, -0.1) is 0 Å². The predicted molar refractivity (Wildman–Crippen MR) is 128 cm³/mol. The summed E-state index contributed by atoms with van der Waals surface area (Å²) in [5.41, 5.74) is 4.36. The van der Waals surface area contributed by atoms with Crippen LogP contribution in [0.5, 0.6) is 23.0 Å². The van der Waals surface area contributed by atoms with Crippen molar-refractivity contribution < 1.29 is 30.0 Å². The van der Waals surface area contributed by atoms with Crippen molar-refractivity contribution in [2.24, 2.45) is 5.92 Å². The van der Waals surface area contributed by atoms with E-state index in [1.807, 2.05) is 6.07 Å². The molecule has 6 heteroatoms. The molecule has 0 radical (unpaired) electrons. The molecule has 0 aromatic heterocycles. The Morgan fingerprint density at radius 1 is 0.800 bits per heavy atom. The number of benzene rings is 3. The Morgan fingerprint density at radius 2 is 1.57 bits per heavy atom. The summed E-state index contributed by atoms with van der Waals surface area (Å²) < 4.78 is 0. The van der Waals surface area contributed by atoms with Crippen LogP contribution in [0.15, 0.2) is 54.6 Å². The van der Waals surface area contributed by atoms with Crippen molar-refractivity contribution in [1.29, 1.82) is 0 Å². The summed E-state index contributed by atoms with van der Waals surface area (Å²) in [5.74, 6) is -1.04. The molecule has 7 rings (SSSR count). The fourth-order valence-electron chi connectivity index (χ4n) is 7.02. The van der Waals surface area contributed by atoms with E-state index in [4.69, 9.17) is 0 Å². The summed E-state index contributed by atoms with van der Waals surface area (Å²) >= 11 is 0. The van der Waals surface area contributed by atoms with Crippen LogP contribution in [-0.4, -0.2) is 32.0 Å². The maximum Gasteiger partial charge on any atom is 0.190 e. The van der Waals surface area contributed by atoms with E-state index in [9.17, 15) is 30.0 Å². The number of carbonyl (C=O) groups is 2. The number of ketones is 2. The average Bonchev–Trinajstić information content (AvgIpc) is 3.01. The number of hydrogen-bond acceptors (Lipinski definition) is 6. The molecule has 0 heterocycles. The number of allylic oxidation sites excluding steroid dienone is 4. The zero-order valence-electron chi connectivity index (χ0n) is 18.5. The van der Waals surface area contributed by atoms with Gasteiger partial charge in [0.05, 0.1) is 16.5 Å². The lowest BCUT2D eigenvalue weighted by Crippen LogP contribution is -2.42. The molecule has 4 aliphatic carbocycles. The normalized spacial score (nSPS) is 23.3. The predicted octanol–water partition coefficient (Wildman–Crippen LogP) is 4.62. The molecular formula is C29H20O6. The van der Waals surface area contributed by atoms with Gasteiger partial charge in [0.2, 0.25) is 0 Å². The SMILES string of the molecule is O=C1C[C@H]2CCc3c(O)cc(O)cc3C3=C4C=CC(=O)c5c(O)ccc(c54)[C@@]32c2cccc(O)c21. The van der Waals surface area contributed by atoms with Crippen LogP contribution in [0.25, 0.3) is 11.1 Å². The zero-order valence-corrected chi connectivity index (χ0v) is 18.5. The van der Waals surface area contributed by atoms with Gasteiger partial charge in [-0.3, -0.25) is 9.59 Å². The van der Waals surface area contributed by atoms with Crippen molar-refractivity contribution in [1.82, 2.24) is 0 Å². The molecule has 0 fully saturated rings. The van der Waals surface area contributed by atoms with Gasteiger partial charge in [0.15, 0.2) is 11.6 Å². The number of rotatable bonds is 0. The van der Waals surface area contributed by atoms with Crippen LogP contribution in [0.1, 0.15) is 61.4 Å². The molecular weight excluding hydrogens is 444 g/mol. The van der Waals surface area contributed by atoms with Crippen LogP contribution < -0.4 is 0 Å². The van der Waals surface area contributed by atoms with E-state index in [1.165, 1.54) is 24.3 Å². The van der Waals surface area contributed by atoms with Gasteiger partial charge in [-0.1, -0.05) is 24.3 Å². The van der Waals surface area contributed by atoms with Gasteiger partial charge in [0, 0.05) is 23.6 Å². The average molecular weight is 464 g/mol. The molecule has 0 saturated heterocycles. The fourth-order valence-corrected chi connectivity index (χ4v) is 7.02. The largest absolute Gasteiger partial charge is 0.508 e. The quantitative estimate of drug-likeness (QED) is 0.386. The zero-order chi connectivity index (χ0) is 24.2. The van der Waals surface area contributed by atoms with E-state index in [0.717, 1.165) is 11.1 Å². The van der Waals surface area contributed by atoms with E-state index < -0.39 is 5.41 Å². The molecule has 6 nitrogen and oxygen atoms in total. The van der Waals surface area contributed by atoms with Gasteiger partial charge in [0.1, 0.15) is 23.0 Å². The highest BCUT2D eigenvalue weighted by Gasteiger charge is 2.58. The summed E-state index contributed by atoms with van der Waals surface area (Å²) in [4.78, 5) is 26.3. The molecule has 3 aromatic carbocycles. The van der Waals surface area contributed by atoms with Crippen molar-refractivity contribution in [3.63, 3.8) is 0 Å². The third kappa shape index (κ3) is 2.24. The fraction of sp³-hybridized carbons (Fsp3) is 0.172. The van der Waals surface area contributed by atoms with Crippen LogP contribution in [0.2, 0.25) is 0 Å². The number of Topliss-reactive ketones (excluding diaryl/α,β-unsaturated/α-hetero) is 1. The number of phenols is 4. The lowest BCUT2D eigenvalue weighted by molar-refractivity contribution is 0.0922. The first kappa shape index (κ1) is 20.1. The number of fused-ring (bicyclic) bond motifs is 3. The molecule has 3 aromatic rings. The lowest BCUT2D eigenvalue weighted by Gasteiger charge is -2.45. The highest BCUT2D eigenvalue weighted by Crippen LogP contribution is 2.66. The molecule has 4 aliphatic rings. The maximum atomic E-state index is 13.3. The Hall–Kier alpha value is -4.32. The van der Waals surface area contributed by atoms with E-state index in [0.29, 0.717) is 40.7 Å². The van der Waals surface area contributed by atoms with E-state index in [-0.39, 0.29) is 58.0 Å². The summed E-state index contributed by atoms with van der Waals surface area (Å²) in [6, 6.07) is 11.3. The molecule has 0 saturated carbocycles. The van der Waals surface area contributed by atoms with Crippen molar-refractivity contribution in [3.05, 3.63) is 93.6 Å². The molecule has 0 bridgehead atoms. The first-order valence-corrected chi connectivity index (χ1v) is 11.6. The summed E-state index contributed by atoms with van der Waals surface area (Å²) in [6.45, 7) is 0. The number of phenolic OH excluding ortho intramolecular Hbond substituents is 4. The molecule has 4 N–H and O–H groups in total. The molecule has 2 atom stereocenters. The van der Waals surface area contributed by atoms with E-state index in [1.54, 1.807) is 24.3 Å². The summed E-state index contributed by atoms with van der Waals surface area (Å²) in [6.07, 6.45) is 4.39. The van der Waals surface area contributed by atoms with Crippen LogP contribution in [0.3, 0.4) is 0 Å². The molecule has 1 spiro atoms. The van der Waals surface area contributed by atoms with Crippen molar-refractivity contribution >= 4 is 22.7 Å². The smallest absolute Gasteiger partial charge is 0.190 e. The Balaban J connectivity index is 1.74. The molecule has 0 aliphatic heterocycles. The second kappa shape index (κ2) is 6.42. The van der Waals surface area contributed by atoms with Crippen molar-refractivity contribution in [2.45, 2.75) is 24.7 Å². The van der Waals surface area contributed by atoms with Crippen molar-refractivity contribution in [2.75, 3.05) is 0 Å². The van der Waals surface area contributed by atoms with Crippen LogP contribution >= 0.6 is 0 Å². The van der Waals surface area contributed by atoms with Crippen molar-refractivity contribution in [3.8, 4) is 23.0 Å². The van der Waals surface area contributed by atoms with Crippen LogP contribution in [0, 0.1) is 5.92 Å². The lowest BCUT2D eigenvalue weighted by atomic mass is 9.56. The van der Waals surface area contributed by atoms with E-state index >= 15 is 0 Å². The van der Waals surface area contributed by atoms with Gasteiger partial charge in [0.25, 0.3) is 0 Å². The monoisotopic (exact) mass is 464 g/mol. The minimum absolute atomic E-state index is 0.0285. The number of hydrogen-bond donors (Lipinski definition) is 4. The van der Waals surface area contributed by atoms with Gasteiger partial charge in [-0.2, -0.15) is 0 Å². The van der Waals surface area contributed by atoms with Gasteiger partial charge in [-0.25, -0.2) is 0 Å². The van der Waals surface area contributed by atoms with E-state index in [2.05, 4.69) is 0 Å². The standard InChI is InChI=1S/C29H20O6/c30-14-11-17-15(23(34)12-14)5-4-13-10-24(35)26-18(2-1-3-20(26)31)29(13)19-7-9-22(33)27-21(32)8-6-16(25(19)27)28(17)29/h1-3,6-9,11-13,30-31,33-34H,4-5,10H2/t13-,29-/m1/s1. The maximum absolute atomic E-state index is 13.3. The Morgan fingerprint density at radius 3 is 2.40 bits per heavy atom. The van der Waals surface area contributed by atoms with Crippen LogP contribution in [0.4, 0.5) is 0 Å². The second-order valence-corrected chi connectivity index (χ2v) is 9.73. The topological polar surface area (TPSA) is 115 Å². The third-order valence-corrected chi connectivity index (χ3v) is 8.20. The van der Waals surface area contributed by atoms with Gasteiger partial charge < -0.3 is 20.4 Å². The molecule has 35 heavy (non-hydrogen) atoms. The molecule has 0 amide bonds. The third-order valence-electron chi connectivity index (χ3n) is 8.20. The van der Waals surface area contributed by atoms with Gasteiger partial charge >= 0.3 is 0 Å². The minimum Gasteiger partial charge on any atom is -0.508 e. The Kier molecular flexibility index (Phi) is 3.68. The first-order valence-electron chi connectivity index (χ1n) is 11.6. The number of aromatic hydroxyl groups is 4. The minimum atomic E-state index is -0.921. The Bertz CT molecular complexity index is 1610. The second-order valence-electron chi connectivity index (χ2n) is 9.73. The highest BCUT2D eigenvalue weighted by molar-refractivity contribution is 6.22.